The van der Waals surface area contributed by atoms with E-state index in [4.69, 9.17) is 0 Å². The van der Waals surface area contributed by atoms with Crippen molar-refractivity contribution in [2.45, 2.75) is 38.1 Å². The number of carboxylic acid groups (broad SMARTS) is 1. The lowest BCUT2D eigenvalue weighted by molar-refractivity contribution is -0.137. The first kappa shape index (κ1) is 18.6. The maximum Gasteiger partial charge on any atom is 0.304 e. The molecule has 1 unspecified atom stereocenters. The molecule has 0 spiro atoms. The molecule has 6 heteroatoms. The molecule has 152 valence electrons. The molecule has 0 aliphatic heterocycles. The van der Waals surface area contributed by atoms with Crippen molar-refractivity contribution in [3.05, 3.63) is 83.8 Å². The van der Waals surface area contributed by atoms with Gasteiger partial charge in [0.15, 0.2) is 0 Å². The zero-order chi connectivity index (χ0) is 20.7. The number of aromatic nitrogens is 3. The summed E-state index contributed by atoms with van der Waals surface area (Å²) in [4.78, 5) is 15.6. The van der Waals surface area contributed by atoms with Crippen molar-refractivity contribution in [1.29, 1.82) is 0 Å². The number of nitrogens with zero attached hydrogens (tertiary/aromatic N) is 3. The van der Waals surface area contributed by atoms with Crippen molar-refractivity contribution in [2.24, 2.45) is 0 Å². The summed E-state index contributed by atoms with van der Waals surface area (Å²) in [6.07, 6.45) is 8.13. The molecule has 0 saturated carbocycles. The Morgan fingerprint density at radius 3 is 2.93 bits per heavy atom. The smallest absolute Gasteiger partial charge is 0.304 e. The van der Waals surface area contributed by atoms with Crippen LogP contribution in [0.2, 0.25) is 0 Å². The SMILES string of the molecule is O=C(O)CC1CCCc2c1n(Cc1cccc(-n3ccnc3)c1)c1ccc(F)cc21. The van der Waals surface area contributed by atoms with Gasteiger partial charge in [0.1, 0.15) is 5.82 Å². The molecule has 0 saturated heterocycles. The van der Waals surface area contributed by atoms with E-state index in [0.29, 0.717) is 6.54 Å². The highest BCUT2D eigenvalue weighted by molar-refractivity contribution is 5.86. The molecule has 0 radical (unpaired) electrons. The van der Waals surface area contributed by atoms with Gasteiger partial charge in [-0.15, -0.1) is 0 Å². The molecule has 2 aromatic carbocycles. The summed E-state index contributed by atoms with van der Waals surface area (Å²) in [5, 5.41) is 10.4. The van der Waals surface area contributed by atoms with Crippen molar-refractivity contribution in [3.63, 3.8) is 0 Å². The Kier molecular flexibility index (Phi) is 4.62. The Hall–Kier alpha value is -3.41. The molecule has 30 heavy (non-hydrogen) atoms. The zero-order valence-electron chi connectivity index (χ0n) is 16.5. The lowest BCUT2D eigenvalue weighted by Crippen LogP contribution is -2.17. The van der Waals surface area contributed by atoms with E-state index in [0.717, 1.165) is 52.7 Å². The summed E-state index contributed by atoms with van der Waals surface area (Å²) >= 11 is 0. The molecule has 1 N–H and O–H groups in total. The van der Waals surface area contributed by atoms with Crippen molar-refractivity contribution in [1.82, 2.24) is 14.1 Å². The fraction of sp³-hybridized carbons (Fsp3) is 0.250. The number of benzene rings is 2. The van der Waals surface area contributed by atoms with Crippen LogP contribution in [-0.4, -0.2) is 25.2 Å². The quantitative estimate of drug-likeness (QED) is 0.515. The van der Waals surface area contributed by atoms with Crippen molar-refractivity contribution in [2.75, 3.05) is 0 Å². The van der Waals surface area contributed by atoms with Crippen LogP contribution in [0.5, 0.6) is 0 Å². The average Bonchev–Trinajstić information content (AvgIpc) is 3.36. The second-order valence-electron chi connectivity index (χ2n) is 7.94. The lowest BCUT2D eigenvalue weighted by atomic mass is 9.84. The molecule has 0 amide bonds. The largest absolute Gasteiger partial charge is 0.481 e. The van der Waals surface area contributed by atoms with Crippen molar-refractivity contribution >= 4 is 16.9 Å². The average molecular weight is 403 g/mol. The molecule has 2 aromatic heterocycles. The van der Waals surface area contributed by atoms with Gasteiger partial charge >= 0.3 is 5.97 Å². The minimum Gasteiger partial charge on any atom is -0.481 e. The van der Waals surface area contributed by atoms with Crippen molar-refractivity contribution in [3.8, 4) is 5.69 Å². The molecular formula is C24H22FN3O2. The van der Waals surface area contributed by atoms with Crippen LogP contribution in [0.1, 0.15) is 42.0 Å². The molecule has 5 rings (SSSR count). The minimum atomic E-state index is -0.794. The number of carbonyl (C=O) groups is 1. The van der Waals surface area contributed by atoms with Gasteiger partial charge in [0.25, 0.3) is 0 Å². The summed E-state index contributed by atoms with van der Waals surface area (Å²) in [6.45, 7) is 0.607. The highest BCUT2D eigenvalue weighted by atomic mass is 19.1. The van der Waals surface area contributed by atoms with E-state index >= 15 is 0 Å². The van der Waals surface area contributed by atoms with Crippen LogP contribution >= 0.6 is 0 Å². The molecule has 2 heterocycles. The maximum atomic E-state index is 14.0. The van der Waals surface area contributed by atoms with Gasteiger partial charge < -0.3 is 14.2 Å². The summed E-state index contributed by atoms with van der Waals surface area (Å²) < 4.78 is 18.2. The van der Waals surface area contributed by atoms with Gasteiger partial charge in [-0.05, 0) is 60.7 Å². The molecule has 1 aliphatic carbocycles. The van der Waals surface area contributed by atoms with Gasteiger partial charge in [0, 0.05) is 47.1 Å². The Bertz CT molecular complexity index is 1230. The summed E-state index contributed by atoms with van der Waals surface area (Å²) in [5.74, 6) is -1.11. The molecule has 0 bridgehead atoms. The number of imidazole rings is 1. The minimum absolute atomic E-state index is 0.0569. The lowest BCUT2D eigenvalue weighted by Gasteiger charge is -2.25. The van der Waals surface area contributed by atoms with Crippen LogP contribution < -0.4 is 0 Å². The Labute approximate surface area is 173 Å². The topological polar surface area (TPSA) is 60.0 Å². The number of rotatable bonds is 5. The number of halogens is 1. The number of aliphatic carboxylic acids is 1. The third-order valence-electron chi connectivity index (χ3n) is 6.02. The van der Waals surface area contributed by atoms with Crippen LogP contribution in [0.25, 0.3) is 16.6 Å². The highest BCUT2D eigenvalue weighted by Crippen LogP contribution is 2.40. The van der Waals surface area contributed by atoms with Crippen LogP contribution in [0.15, 0.2) is 61.2 Å². The van der Waals surface area contributed by atoms with Crippen LogP contribution in [0.4, 0.5) is 4.39 Å². The summed E-state index contributed by atoms with van der Waals surface area (Å²) in [5.41, 5.74) is 5.24. The second kappa shape index (κ2) is 7.44. The first-order valence-electron chi connectivity index (χ1n) is 10.2. The predicted molar refractivity (Wildman–Crippen MR) is 112 cm³/mol. The Morgan fingerprint density at radius 1 is 1.23 bits per heavy atom. The van der Waals surface area contributed by atoms with E-state index in [1.54, 1.807) is 18.6 Å². The van der Waals surface area contributed by atoms with E-state index in [9.17, 15) is 14.3 Å². The van der Waals surface area contributed by atoms with E-state index < -0.39 is 5.97 Å². The van der Waals surface area contributed by atoms with Crippen LogP contribution in [0.3, 0.4) is 0 Å². The van der Waals surface area contributed by atoms with E-state index in [1.165, 1.54) is 6.07 Å². The molecule has 1 aliphatic rings. The molecule has 1 atom stereocenters. The van der Waals surface area contributed by atoms with Crippen LogP contribution in [-0.2, 0) is 17.8 Å². The third-order valence-corrected chi connectivity index (χ3v) is 6.02. The summed E-state index contributed by atoms with van der Waals surface area (Å²) in [7, 11) is 0. The monoisotopic (exact) mass is 403 g/mol. The van der Waals surface area contributed by atoms with E-state index in [1.807, 2.05) is 29.0 Å². The first-order valence-corrected chi connectivity index (χ1v) is 10.2. The number of aryl methyl sites for hydroxylation is 1. The van der Waals surface area contributed by atoms with Gasteiger partial charge in [0.2, 0.25) is 0 Å². The number of hydrogen-bond donors (Lipinski definition) is 1. The highest BCUT2D eigenvalue weighted by Gasteiger charge is 2.29. The predicted octanol–water partition coefficient (Wildman–Crippen LogP) is 4.91. The summed E-state index contributed by atoms with van der Waals surface area (Å²) in [6, 6.07) is 13.1. The molecule has 4 aromatic rings. The van der Waals surface area contributed by atoms with Gasteiger partial charge in [-0.25, -0.2) is 9.37 Å². The number of hydrogen-bond acceptors (Lipinski definition) is 2. The maximum absolute atomic E-state index is 14.0. The van der Waals surface area contributed by atoms with Gasteiger partial charge in [0.05, 0.1) is 12.7 Å². The van der Waals surface area contributed by atoms with Gasteiger partial charge in [-0.2, -0.15) is 0 Å². The van der Waals surface area contributed by atoms with E-state index in [-0.39, 0.29) is 18.2 Å². The standard InChI is InChI=1S/C24H22FN3O2/c25-18-7-8-22-21(13-18)20-6-2-4-17(12-23(29)30)24(20)28(22)14-16-3-1-5-19(11-16)27-10-9-26-15-27/h1,3,5,7-11,13,15,17H,2,4,6,12,14H2,(H,29,30). The van der Waals surface area contributed by atoms with Gasteiger partial charge in [-0.3, -0.25) is 4.79 Å². The van der Waals surface area contributed by atoms with Crippen LogP contribution in [0, 0.1) is 5.82 Å². The zero-order valence-corrected chi connectivity index (χ0v) is 16.5. The second-order valence-corrected chi connectivity index (χ2v) is 7.94. The Balaban J connectivity index is 1.64. The first-order chi connectivity index (χ1) is 14.6. The van der Waals surface area contributed by atoms with E-state index in [2.05, 4.69) is 21.7 Å². The molecule has 5 nitrogen and oxygen atoms in total. The fourth-order valence-corrected chi connectivity index (χ4v) is 4.80. The molecular weight excluding hydrogens is 381 g/mol. The normalized spacial score (nSPS) is 16.0. The number of fused-ring (bicyclic) bond motifs is 3. The third kappa shape index (κ3) is 3.28. The van der Waals surface area contributed by atoms with Crippen molar-refractivity contribution < 1.29 is 14.3 Å². The number of carboxylic acids is 1. The Morgan fingerprint density at radius 2 is 2.13 bits per heavy atom. The van der Waals surface area contributed by atoms with Gasteiger partial charge in [-0.1, -0.05) is 12.1 Å². The molecule has 0 fully saturated rings. The fourth-order valence-electron chi connectivity index (χ4n) is 4.80.